The molecular weight excluding hydrogens is 286 g/mol. The van der Waals surface area contributed by atoms with Gasteiger partial charge in [0.1, 0.15) is 18.2 Å². The van der Waals surface area contributed by atoms with Gasteiger partial charge in [0, 0.05) is 13.0 Å². The average molecular weight is 309 g/mol. The van der Waals surface area contributed by atoms with Crippen molar-refractivity contribution in [3.8, 4) is 5.75 Å². The highest BCUT2D eigenvalue weighted by atomic mass is 16.5. The van der Waals surface area contributed by atoms with Crippen LogP contribution in [-0.2, 0) is 13.0 Å². The minimum atomic E-state index is 0.635. The third-order valence-electron chi connectivity index (χ3n) is 3.91. The van der Waals surface area contributed by atoms with Crippen molar-refractivity contribution >= 4 is 11.0 Å². The highest BCUT2D eigenvalue weighted by Gasteiger charge is 2.09. The van der Waals surface area contributed by atoms with Crippen molar-refractivity contribution in [2.24, 2.45) is 0 Å². The van der Waals surface area contributed by atoms with Crippen molar-refractivity contribution in [3.05, 3.63) is 59.9 Å². The van der Waals surface area contributed by atoms with E-state index in [9.17, 15) is 0 Å². The lowest BCUT2D eigenvalue weighted by atomic mass is 10.2. The second-order valence-corrected chi connectivity index (χ2v) is 5.69. The number of hydrogen-bond acceptors (Lipinski definition) is 3. The Morgan fingerprint density at radius 3 is 2.83 bits per heavy atom. The van der Waals surface area contributed by atoms with Crippen LogP contribution in [0, 0.1) is 6.92 Å². The Labute approximate surface area is 137 Å². The molecule has 0 aliphatic carbocycles. The number of para-hydroxylation sites is 2. The fourth-order valence-electron chi connectivity index (χ4n) is 2.76. The number of fused-ring (bicyclic) bond motifs is 1. The number of nitrogens with one attached hydrogen (secondary N) is 1. The standard InChI is InChI=1S/C19H23N3O/c1-15-6-5-7-16(14-15)23-13-12-22-18-9-4-3-8-17(18)21-19(22)10-11-20-2/h3-9,14,20H,10-13H2,1-2H3. The molecule has 120 valence electrons. The van der Waals surface area contributed by atoms with Crippen LogP contribution in [0.4, 0.5) is 0 Å². The summed E-state index contributed by atoms with van der Waals surface area (Å²) in [6.45, 7) is 4.43. The molecule has 0 aliphatic rings. The number of ether oxygens (including phenoxy) is 1. The number of aromatic nitrogens is 2. The summed E-state index contributed by atoms with van der Waals surface area (Å²) in [5.41, 5.74) is 3.44. The first kappa shape index (κ1) is 15.6. The molecule has 0 atom stereocenters. The molecule has 0 unspecified atom stereocenters. The van der Waals surface area contributed by atoms with Gasteiger partial charge in [-0.15, -0.1) is 0 Å². The number of likely N-dealkylation sites (N-methyl/N-ethyl adjacent to an activating group) is 1. The zero-order chi connectivity index (χ0) is 16.1. The smallest absolute Gasteiger partial charge is 0.119 e. The number of hydrogen-bond donors (Lipinski definition) is 1. The summed E-state index contributed by atoms with van der Waals surface area (Å²) >= 11 is 0. The van der Waals surface area contributed by atoms with Crippen LogP contribution in [0.2, 0.25) is 0 Å². The van der Waals surface area contributed by atoms with Crippen LogP contribution in [0.15, 0.2) is 48.5 Å². The van der Waals surface area contributed by atoms with E-state index in [4.69, 9.17) is 9.72 Å². The number of rotatable bonds is 7. The summed E-state index contributed by atoms with van der Waals surface area (Å²) in [5, 5.41) is 3.19. The SMILES string of the molecule is CNCCc1nc2ccccc2n1CCOc1cccc(C)c1. The predicted octanol–water partition coefficient (Wildman–Crippen LogP) is 3.19. The van der Waals surface area contributed by atoms with Crippen LogP contribution in [-0.4, -0.2) is 29.8 Å². The van der Waals surface area contributed by atoms with E-state index in [1.54, 1.807) is 0 Å². The van der Waals surface area contributed by atoms with E-state index < -0.39 is 0 Å². The highest BCUT2D eigenvalue weighted by Crippen LogP contribution is 2.17. The number of nitrogens with zero attached hydrogens (tertiary/aromatic N) is 2. The summed E-state index contributed by atoms with van der Waals surface area (Å²) in [4.78, 5) is 4.76. The largest absolute Gasteiger partial charge is 0.492 e. The molecule has 0 spiro atoms. The van der Waals surface area contributed by atoms with Crippen molar-refractivity contribution in [2.75, 3.05) is 20.2 Å². The molecule has 1 aromatic heterocycles. The first-order chi connectivity index (χ1) is 11.3. The summed E-state index contributed by atoms with van der Waals surface area (Å²) in [5.74, 6) is 2.03. The maximum atomic E-state index is 5.90. The monoisotopic (exact) mass is 309 g/mol. The van der Waals surface area contributed by atoms with Crippen molar-refractivity contribution < 1.29 is 4.74 Å². The van der Waals surface area contributed by atoms with Gasteiger partial charge in [-0.2, -0.15) is 0 Å². The Morgan fingerprint density at radius 2 is 2.00 bits per heavy atom. The molecule has 1 N–H and O–H groups in total. The third kappa shape index (κ3) is 3.71. The fraction of sp³-hybridized carbons (Fsp3) is 0.316. The zero-order valence-electron chi connectivity index (χ0n) is 13.7. The Morgan fingerprint density at radius 1 is 1.13 bits per heavy atom. The van der Waals surface area contributed by atoms with Gasteiger partial charge in [0.15, 0.2) is 0 Å². The maximum absolute atomic E-state index is 5.90. The lowest BCUT2D eigenvalue weighted by Gasteiger charge is -2.11. The normalized spacial score (nSPS) is 11.0. The lowest BCUT2D eigenvalue weighted by Crippen LogP contribution is -2.16. The van der Waals surface area contributed by atoms with Crippen LogP contribution in [0.5, 0.6) is 5.75 Å². The first-order valence-corrected chi connectivity index (χ1v) is 8.06. The minimum absolute atomic E-state index is 0.635. The van der Waals surface area contributed by atoms with E-state index in [1.807, 2.05) is 25.2 Å². The molecule has 4 heteroatoms. The van der Waals surface area contributed by atoms with Gasteiger partial charge in [0.2, 0.25) is 0 Å². The molecule has 0 radical (unpaired) electrons. The molecule has 3 rings (SSSR count). The van der Waals surface area contributed by atoms with Crippen LogP contribution in [0.3, 0.4) is 0 Å². The quantitative estimate of drug-likeness (QED) is 0.728. The molecule has 0 amide bonds. The molecule has 23 heavy (non-hydrogen) atoms. The van der Waals surface area contributed by atoms with E-state index in [0.717, 1.165) is 36.6 Å². The molecule has 0 fully saturated rings. The van der Waals surface area contributed by atoms with Gasteiger partial charge < -0.3 is 14.6 Å². The van der Waals surface area contributed by atoms with Crippen LogP contribution in [0.25, 0.3) is 11.0 Å². The van der Waals surface area contributed by atoms with Gasteiger partial charge in [-0.05, 0) is 43.8 Å². The average Bonchev–Trinajstić information content (AvgIpc) is 2.91. The highest BCUT2D eigenvalue weighted by molar-refractivity contribution is 5.75. The molecule has 1 heterocycles. The van der Waals surface area contributed by atoms with Crippen molar-refractivity contribution in [2.45, 2.75) is 19.9 Å². The molecule has 0 bridgehead atoms. The van der Waals surface area contributed by atoms with Crippen LogP contribution < -0.4 is 10.1 Å². The summed E-state index contributed by atoms with van der Waals surface area (Å²) < 4.78 is 8.17. The van der Waals surface area contributed by atoms with E-state index in [0.29, 0.717) is 6.61 Å². The van der Waals surface area contributed by atoms with Crippen molar-refractivity contribution in [1.82, 2.24) is 14.9 Å². The molecule has 0 aliphatic heterocycles. The summed E-state index contributed by atoms with van der Waals surface area (Å²) in [6, 6.07) is 16.4. The topological polar surface area (TPSA) is 39.1 Å². The number of imidazole rings is 1. The van der Waals surface area contributed by atoms with Gasteiger partial charge >= 0.3 is 0 Å². The second-order valence-electron chi connectivity index (χ2n) is 5.69. The Hall–Kier alpha value is -2.33. The Balaban J connectivity index is 1.75. The predicted molar refractivity (Wildman–Crippen MR) is 94.0 cm³/mol. The Bertz CT molecular complexity index is 779. The minimum Gasteiger partial charge on any atom is -0.492 e. The van der Waals surface area contributed by atoms with E-state index in [1.165, 1.54) is 11.1 Å². The zero-order valence-corrected chi connectivity index (χ0v) is 13.7. The fourth-order valence-corrected chi connectivity index (χ4v) is 2.76. The molecule has 0 saturated heterocycles. The lowest BCUT2D eigenvalue weighted by molar-refractivity contribution is 0.298. The van der Waals surface area contributed by atoms with Crippen molar-refractivity contribution in [3.63, 3.8) is 0 Å². The maximum Gasteiger partial charge on any atom is 0.119 e. The summed E-state index contributed by atoms with van der Waals surface area (Å²) in [7, 11) is 1.97. The molecule has 2 aromatic carbocycles. The molecule has 0 saturated carbocycles. The van der Waals surface area contributed by atoms with Crippen LogP contribution in [0.1, 0.15) is 11.4 Å². The number of aryl methyl sites for hydroxylation is 1. The summed E-state index contributed by atoms with van der Waals surface area (Å²) in [6.07, 6.45) is 0.912. The van der Waals surface area contributed by atoms with Gasteiger partial charge in [-0.1, -0.05) is 24.3 Å². The molecular formula is C19H23N3O. The van der Waals surface area contributed by atoms with Gasteiger partial charge in [0.05, 0.1) is 17.6 Å². The van der Waals surface area contributed by atoms with Crippen LogP contribution >= 0.6 is 0 Å². The van der Waals surface area contributed by atoms with E-state index in [2.05, 4.69) is 47.1 Å². The Kier molecular flexibility index (Phi) is 4.93. The molecule has 3 aromatic rings. The van der Waals surface area contributed by atoms with Crippen molar-refractivity contribution in [1.29, 1.82) is 0 Å². The van der Waals surface area contributed by atoms with Gasteiger partial charge in [-0.3, -0.25) is 0 Å². The number of benzene rings is 2. The molecule has 4 nitrogen and oxygen atoms in total. The van der Waals surface area contributed by atoms with E-state index >= 15 is 0 Å². The van der Waals surface area contributed by atoms with E-state index in [-0.39, 0.29) is 0 Å². The second kappa shape index (κ2) is 7.29. The van der Waals surface area contributed by atoms with Gasteiger partial charge in [0.25, 0.3) is 0 Å². The first-order valence-electron chi connectivity index (χ1n) is 8.06. The van der Waals surface area contributed by atoms with Gasteiger partial charge in [-0.25, -0.2) is 4.98 Å². The third-order valence-corrected chi connectivity index (χ3v) is 3.91.